The van der Waals surface area contributed by atoms with Crippen LogP contribution in [0.25, 0.3) is 0 Å². The molecule has 0 aliphatic carbocycles. The number of nitrogens with one attached hydrogen (secondary N) is 2. The molecule has 0 radical (unpaired) electrons. The van der Waals surface area contributed by atoms with E-state index in [1.165, 1.54) is 12.1 Å². The van der Waals surface area contributed by atoms with Crippen LogP contribution in [-0.2, 0) is 4.79 Å². The molecule has 0 aliphatic rings. The van der Waals surface area contributed by atoms with Crippen LogP contribution in [0.5, 0.6) is 0 Å². The van der Waals surface area contributed by atoms with E-state index in [2.05, 4.69) is 10.6 Å². The van der Waals surface area contributed by atoms with Gasteiger partial charge in [0.1, 0.15) is 5.82 Å². The number of benzene rings is 2. The van der Waals surface area contributed by atoms with Crippen molar-refractivity contribution in [3.63, 3.8) is 0 Å². The van der Waals surface area contributed by atoms with Crippen molar-refractivity contribution < 1.29 is 9.18 Å². The van der Waals surface area contributed by atoms with Crippen molar-refractivity contribution in [2.45, 2.75) is 0 Å². The highest BCUT2D eigenvalue weighted by Crippen LogP contribution is 2.15. The molecule has 0 spiro atoms. The predicted molar refractivity (Wildman–Crippen MR) is 84.3 cm³/mol. The van der Waals surface area contributed by atoms with Gasteiger partial charge in [0.05, 0.1) is 6.54 Å². The molecule has 4 nitrogen and oxygen atoms in total. The number of hydrogen-bond donors (Lipinski definition) is 2. The first kappa shape index (κ1) is 14.8. The van der Waals surface area contributed by atoms with E-state index in [0.29, 0.717) is 5.69 Å². The molecule has 0 aliphatic heterocycles. The maximum absolute atomic E-state index is 12.8. The van der Waals surface area contributed by atoms with E-state index in [0.717, 1.165) is 11.4 Å². The average Bonchev–Trinajstić information content (AvgIpc) is 2.47. The molecule has 21 heavy (non-hydrogen) atoms. The minimum atomic E-state index is -0.300. The molecule has 0 atom stereocenters. The van der Waals surface area contributed by atoms with Crippen LogP contribution >= 0.6 is 0 Å². The van der Waals surface area contributed by atoms with E-state index in [4.69, 9.17) is 0 Å². The van der Waals surface area contributed by atoms with Crippen molar-refractivity contribution in [3.8, 4) is 0 Å². The maximum atomic E-state index is 12.8. The van der Waals surface area contributed by atoms with Crippen LogP contribution in [0.3, 0.4) is 0 Å². The second-order valence-electron chi connectivity index (χ2n) is 4.85. The van der Waals surface area contributed by atoms with E-state index in [9.17, 15) is 9.18 Å². The van der Waals surface area contributed by atoms with E-state index < -0.39 is 0 Å². The second kappa shape index (κ2) is 6.74. The van der Waals surface area contributed by atoms with Gasteiger partial charge in [0, 0.05) is 31.2 Å². The summed E-state index contributed by atoms with van der Waals surface area (Å²) in [6.45, 7) is 0.126. The smallest absolute Gasteiger partial charge is 0.243 e. The SMILES string of the molecule is CN(C)c1ccc(NC(=O)CNc2ccc(F)cc2)cc1. The van der Waals surface area contributed by atoms with E-state index in [-0.39, 0.29) is 18.3 Å². The Hall–Kier alpha value is -2.56. The lowest BCUT2D eigenvalue weighted by molar-refractivity contribution is -0.114. The highest BCUT2D eigenvalue weighted by atomic mass is 19.1. The molecule has 0 fully saturated rings. The predicted octanol–water partition coefficient (Wildman–Crippen LogP) is 2.94. The zero-order valence-electron chi connectivity index (χ0n) is 12.1. The van der Waals surface area contributed by atoms with Crippen LogP contribution in [0.1, 0.15) is 0 Å². The largest absolute Gasteiger partial charge is 0.378 e. The van der Waals surface area contributed by atoms with Crippen LogP contribution in [0.15, 0.2) is 48.5 Å². The van der Waals surface area contributed by atoms with Crippen LogP contribution < -0.4 is 15.5 Å². The third-order valence-corrected chi connectivity index (χ3v) is 2.96. The van der Waals surface area contributed by atoms with Crippen molar-refractivity contribution in [1.82, 2.24) is 0 Å². The van der Waals surface area contributed by atoms with Crippen LogP contribution in [0.2, 0.25) is 0 Å². The third kappa shape index (κ3) is 4.49. The normalized spacial score (nSPS) is 10.0. The first-order chi connectivity index (χ1) is 10.0. The summed E-state index contributed by atoms with van der Waals surface area (Å²) >= 11 is 0. The maximum Gasteiger partial charge on any atom is 0.243 e. The molecule has 2 aromatic carbocycles. The molecule has 0 bridgehead atoms. The molecule has 0 heterocycles. The standard InChI is InChI=1S/C16H18FN3O/c1-20(2)15-9-7-14(8-10-15)19-16(21)11-18-13-5-3-12(17)4-6-13/h3-10,18H,11H2,1-2H3,(H,19,21). The fourth-order valence-electron chi connectivity index (χ4n) is 1.80. The van der Waals surface area contributed by atoms with Gasteiger partial charge in [-0.1, -0.05) is 0 Å². The Labute approximate surface area is 123 Å². The zero-order chi connectivity index (χ0) is 15.2. The lowest BCUT2D eigenvalue weighted by Gasteiger charge is -2.13. The minimum Gasteiger partial charge on any atom is -0.378 e. The lowest BCUT2D eigenvalue weighted by Crippen LogP contribution is -2.21. The van der Waals surface area contributed by atoms with E-state index in [1.807, 2.05) is 43.3 Å². The number of amides is 1. The summed E-state index contributed by atoms with van der Waals surface area (Å²) in [6.07, 6.45) is 0. The van der Waals surface area contributed by atoms with Crippen molar-refractivity contribution in [3.05, 3.63) is 54.3 Å². The quantitative estimate of drug-likeness (QED) is 0.888. The minimum absolute atomic E-state index is 0.126. The zero-order valence-corrected chi connectivity index (χ0v) is 12.1. The molecule has 0 saturated heterocycles. The van der Waals surface area contributed by atoms with Gasteiger partial charge in [-0.15, -0.1) is 0 Å². The van der Waals surface area contributed by atoms with Crippen LogP contribution in [0, 0.1) is 5.82 Å². The summed E-state index contributed by atoms with van der Waals surface area (Å²) < 4.78 is 12.8. The summed E-state index contributed by atoms with van der Waals surface area (Å²) in [5.74, 6) is -0.456. The summed E-state index contributed by atoms with van der Waals surface area (Å²) in [5.41, 5.74) is 2.51. The molecular formula is C16H18FN3O. The topological polar surface area (TPSA) is 44.4 Å². The molecule has 2 N–H and O–H groups in total. The molecule has 1 amide bonds. The summed E-state index contributed by atoms with van der Waals surface area (Å²) in [4.78, 5) is 13.8. The molecule has 0 saturated carbocycles. The van der Waals surface area contributed by atoms with Crippen molar-refractivity contribution in [1.29, 1.82) is 0 Å². The Balaban J connectivity index is 1.85. The van der Waals surface area contributed by atoms with E-state index in [1.54, 1.807) is 12.1 Å². The number of carbonyl (C=O) groups excluding carboxylic acids is 1. The van der Waals surface area contributed by atoms with Gasteiger partial charge in [0.15, 0.2) is 0 Å². The van der Waals surface area contributed by atoms with Gasteiger partial charge >= 0.3 is 0 Å². The molecule has 5 heteroatoms. The van der Waals surface area contributed by atoms with E-state index >= 15 is 0 Å². The number of nitrogens with zero attached hydrogens (tertiary/aromatic N) is 1. The van der Waals surface area contributed by atoms with Gasteiger partial charge in [-0.2, -0.15) is 0 Å². The molecular weight excluding hydrogens is 269 g/mol. The van der Waals surface area contributed by atoms with Gasteiger partial charge in [0.2, 0.25) is 5.91 Å². The Morgan fingerprint density at radius 2 is 1.57 bits per heavy atom. The highest BCUT2D eigenvalue weighted by Gasteiger charge is 2.03. The molecule has 0 unspecified atom stereocenters. The summed E-state index contributed by atoms with van der Waals surface area (Å²) in [6, 6.07) is 13.5. The fraction of sp³-hybridized carbons (Fsp3) is 0.188. The van der Waals surface area contributed by atoms with Crippen molar-refractivity contribution in [2.75, 3.05) is 36.2 Å². The lowest BCUT2D eigenvalue weighted by atomic mass is 10.2. The Kier molecular flexibility index (Phi) is 4.77. The Bertz CT molecular complexity index is 594. The summed E-state index contributed by atoms with van der Waals surface area (Å²) in [7, 11) is 3.92. The average molecular weight is 287 g/mol. The van der Waals surface area contributed by atoms with Crippen molar-refractivity contribution >= 4 is 23.0 Å². The van der Waals surface area contributed by atoms with Crippen molar-refractivity contribution in [2.24, 2.45) is 0 Å². The van der Waals surface area contributed by atoms with Crippen LogP contribution in [0.4, 0.5) is 21.5 Å². The molecule has 110 valence electrons. The van der Waals surface area contributed by atoms with Gasteiger partial charge in [-0.05, 0) is 48.5 Å². The number of hydrogen-bond acceptors (Lipinski definition) is 3. The number of rotatable bonds is 5. The second-order valence-corrected chi connectivity index (χ2v) is 4.85. The first-order valence-electron chi connectivity index (χ1n) is 6.61. The van der Waals surface area contributed by atoms with Gasteiger partial charge in [-0.3, -0.25) is 4.79 Å². The molecule has 2 aromatic rings. The van der Waals surface area contributed by atoms with Gasteiger partial charge in [-0.25, -0.2) is 4.39 Å². The molecule has 2 rings (SSSR count). The number of halogens is 1. The third-order valence-electron chi connectivity index (χ3n) is 2.96. The van der Waals surface area contributed by atoms with Gasteiger partial charge in [0.25, 0.3) is 0 Å². The Morgan fingerprint density at radius 1 is 1.00 bits per heavy atom. The number of anilines is 3. The first-order valence-corrected chi connectivity index (χ1v) is 6.61. The number of carbonyl (C=O) groups is 1. The van der Waals surface area contributed by atoms with Gasteiger partial charge < -0.3 is 15.5 Å². The fourth-order valence-corrected chi connectivity index (χ4v) is 1.80. The van der Waals surface area contributed by atoms with Crippen LogP contribution in [-0.4, -0.2) is 26.5 Å². The monoisotopic (exact) mass is 287 g/mol. The highest BCUT2D eigenvalue weighted by molar-refractivity contribution is 5.93. The Morgan fingerprint density at radius 3 is 2.14 bits per heavy atom. The summed E-state index contributed by atoms with van der Waals surface area (Å²) in [5, 5.41) is 5.73. The molecule has 0 aromatic heterocycles.